The number of hydrogen-bond donors (Lipinski definition) is 0. The number of nitrogens with zero attached hydrogens (tertiary/aromatic N) is 2. The monoisotopic (exact) mass is 372 g/mol. The summed E-state index contributed by atoms with van der Waals surface area (Å²) in [5.74, 6) is -0.837. The summed E-state index contributed by atoms with van der Waals surface area (Å²) in [4.78, 5) is 28.3. The zero-order chi connectivity index (χ0) is 18.5. The van der Waals surface area contributed by atoms with Crippen LogP contribution in [0.1, 0.15) is 22.2 Å². The fraction of sp³-hybridized carbons (Fsp3) is 0.333. The summed E-state index contributed by atoms with van der Waals surface area (Å²) in [6.45, 7) is 2.28. The van der Waals surface area contributed by atoms with Crippen LogP contribution in [0.4, 0.5) is 0 Å². The van der Waals surface area contributed by atoms with E-state index in [1.54, 1.807) is 30.5 Å². The standard InChI is InChI=1S/C18H16N2O5S/c1-11-10-26-18(20-11)13(8-19)14(21)9-25-17(22)7-12-2-3-15-16(6-12)24-5-4-23-15/h2-3,6,10,13H,4-5,7,9H2,1H3/t13-/m1/s1. The molecular weight excluding hydrogens is 356 g/mol. The van der Waals surface area contributed by atoms with Crippen molar-refractivity contribution < 1.29 is 23.8 Å². The number of carbonyl (C=O) groups is 2. The summed E-state index contributed by atoms with van der Waals surface area (Å²) in [5.41, 5.74) is 1.44. The number of rotatable bonds is 6. The maximum atomic E-state index is 12.2. The van der Waals surface area contributed by atoms with Crippen LogP contribution < -0.4 is 9.47 Å². The van der Waals surface area contributed by atoms with Gasteiger partial charge in [0.2, 0.25) is 0 Å². The Balaban J connectivity index is 1.55. The van der Waals surface area contributed by atoms with Crippen LogP contribution in [-0.2, 0) is 20.7 Å². The van der Waals surface area contributed by atoms with Crippen molar-refractivity contribution in [3.8, 4) is 17.6 Å². The highest BCUT2D eigenvalue weighted by Crippen LogP contribution is 2.31. The van der Waals surface area contributed by atoms with Gasteiger partial charge in [-0.05, 0) is 24.6 Å². The molecule has 134 valence electrons. The third-order valence-electron chi connectivity index (χ3n) is 3.67. The number of ether oxygens (including phenoxy) is 3. The molecule has 2 aromatic rings. The van der Waals surface area contributed by atoms with E-state index < -0.39 is 24.3 Å². The van der Waals surface area contributed by atoms with Crippen molar-refractivity contribution in [2.24, 2.45) is 0 Å². The minimum atomic E-state index is -1.02. The van der Waals surface area contributed by atoms with E-state index >= 15 is 0 Å². The molecule has 0 amide bonds. The van der Waals surface area contributed by atoms with Gasteiger partial charge in [0.25, 0.3) is 0 Å². The Morgan fingerprint density at radius 1 is 1.35 bits per heavy atom. The van der Waals surface area contributed by atoms with Crippen LogP contribution in [0, 0.1) is 18.3 Å². The number of esters is 1. The Hall–Kier alpha value is -2.92. The zero-order valence-corrected chi connectivity index (χ0v) is 14.9. The van der Waals surface area contributed by atoms with E-state index in [0.717, 1.165) is 5.69 Å². The fourth-order valence-electron chi connectivity index (χ4n) is 2.42. The lowest BCUT2D eigenvalue weighted by atomic mass is 10.1. The van der Waals surface area contributed by atoms with E-state index in [4.69, 9.17) is 14.2 Å². The molecule has 0 aliphatic carbocycles. The third kappa shape index (κ3) is 4.18. The average molecular weight is 372 g/mol. The second-order valence-corrected chi connectivity index (χ2v) is 6.56. The van der Waals surface area contributed by atoms with Gasteiger partial charge in [0.15, 0.2) is 29.8 Å². The molecule has 0 fully saturated rings. The van der Waals surface area contributed by atoms with Gasteiger partial charge in [-0.3, -0.25) is 9.59 Å². The van der Waals surface area contributed by atoms with Crippen molar-refractivity contribution in [2.75, 3.05) is 19.8 Å². The maximum absolute atomic E-state index is 12.2. The predicted molar refractivity (Wildman–Crippen MR) is 92.3 cm³/mol. The van der Waals surface area contributed by atoms with Crippen LogP contribution in [0.5, 0.6) is 11.5 Å². The smallest absolute Gasteiger partial charge is 0.310 e. The Bertz CT molecular complexity index is 871. The number of Topliss-reactive ketones (excluding diaryl/α,β-unsaturated/α-hetero) is 1. The molecule has 1 aromatic heterocycles. The number of benzene rings is 1. The quantitative estimate of drug-likeness (QED) is 0.717. The van der Waals surface area contributed by atoms with Gasteiger partial charge < -0.3 is 14.2 Å². The first-order chi connectivity index (χ1) is 12.6. The third-order valence-corrected chi connectivity index (χ3v) is 4.69. The molecule has 1 atom stereocenters. The SMILES string of the molecule is Cc1csc([C@H](C#N)C(=O)COC(=O)Cc2ccc3c(c2)OCCO3)n1. The van der Waals surface area contributed by atoms with Crippen molar-refractivity contribution in [1.82, 2.24) is 4.98 Å². The molecule has 26 heavy (non-hydrogen) atoms. The molecule has 0 unspecified atom stereocenters. The van der Waals surface area contributed by atoms with Crippen molar-refractivity contribution in [3.63, 3.8) is 0 Å². The number of carbonyl (C=O) groups excluding carboxylic acids is 2. The van der Waals surface area contributed by atoms with E-state index in [1.807, 2.05) is 6.07 Å². The van der Waals surface area contributed by atoms with Gasteiger partial charge >= 0.3 is 5.97 Å². The molecule has 0 bridgehead atoms. The minimum absolute atomic E-state index is 0.00248. The van der Waals surface area contributed by atoms with Gasteiger partial charge in [-0.1, -0.05) is 6.07 Å². The predicted octanol–water partition coefficient (Wildman–Crippen LogP) is 2.18. The van der Waals surface area contributed by atoms with Crippen LogP contribution in [0.15, 0.2) is 23.6 Å². The summed E-state index contributed by atoms with van der Waals surface area (Å²) in [6, 6.07) is 7.11. The van der Waals surface area contributed by atoms with Gasteiger partial charge in [0, 0.05) is 11.1 Å². The normalized spacial score (nSPS) is 13.5. The topological polar surface area (TPSA) is 98.5 Å². The number of aryl methyl sites for hydroxylation is 1. The maximum Gasteiger partial charge on any atom is 0.310 e. The van der Waals surface area contributed by atoms with Crippen LogP contribution in [0.3, 0.4) is 0 Å². The van der Waals surface area contributed by atoms with Gasteiger partial charge in [-0.25, -0.2) is 4.98 Å². The highest BCUT2D eigenvalue weighted by atomic mass is 32.1. The van der Waals surface area contributed by atoms with Gasteiger partial charge in [0.1, 0.15) is 18.2 Å². The summed E-state index contributed by atoms with van der Waals surface area (Å²) in [7, 11) is 0. The molecule has 7 nitrogen and oxygen atoms in total. The summed E-state index contributed by atoms with van der Waals surface area (Å²) >= 11 is 1.24. The van der Waals surface area contributed by atoms with Crippen LogP contribution in [-0.4, -0.2) is 36.6 Å². The summed E-state index contributed by atoms with van der Waals surface area (Å²) in [6.07, 6.45) is -0.00248. The van der Waals surface area contributed by atoms with Crippen LogP contribution >= 0.6 is 11.3 Å². The van der Waals surface area contributed by atoms with Crippen LogP contribution in [0.2, 0.25) is 0 Å². The molecule has 0 radical (unpaired) electrons. The molecule has 8 heteroatoms. The Kier molecular flexibility index (Phi) is 5.49. The van der Waals surface area contributed by atoms with Crippen LogP contribution in [0.25, 0.3) is 0 Å². The number of hydrogen-bond acceptors (Lipinski definition) is 8. The number of thiazole rings is 1. The van der Waals surface area contributed by atoms with E-state index in [2.05, 4.69) is 4.98 Å². The number of aromatic nitrogens is 1. The number of ketones is 1. The molecule has 0 N–H and O–H groups in total. The largest absolute Gasteiger partial charge is 0.486 e. The van der Waals surface area contributed by atoms with Crippen molar-refractivity contribution in [1.29, 1.82) is 5.26 Å². The second-order valence-electron chi connectivity index (χ2n) is 5.67. The average Bonchev–Trinajstić information content (AvgIpc) is 3.06. The van der Waals surface area contributed by atoms with Gasteiger partial charge in [-0.15, -0.1) is 11.3 Å². The lowest BCUT2D eigenvalue weighted by Crippen LogP contribution is -2.21. The molecule has 1 aliphatic heterocycles. The zero-order valence-electron chi connectivity index (χ0n) is 14.1. The first-order valence-electron chi connectivity index (χ1n) is 7.95. The number of nitriles is 1. The van der Waals surface area contributed by atoms with Gasteiger partial charge in [-0.2, -0.15) is 5.26 Å². The molecule has 0 saturated carbocycles. The first kappa shape index (κ1) is 17.9. The lowest BCUT2D eigenvalue weighted by Gasteiger charge is -2.18. The molecule has 0 spiro atoms. The molecule has 0 saturated heterocycles. The first-order valence-corrected chi connectivity index (χ1v) is 8.83. The Labute approximate surface area is 154 Å². The lowest BCUT2D eigenvalue weighted by molar-refractivity contribution is -0.147. The highest BCUT2D eigenvalue weighted by Gasteiger charge is 2.24. The molecule has 3 rings (SSSR count). The fourth-order valence-corrected chi connectivity index (χ4v) is 3.28. The molecule has 2 heterocycles. The summed E-state index contributed by atoms with van der Waals surface area (Å²) < 4.78 is 15.9. The van der Waals surface area contributed by atoms with Crippen molar-refractivity contribution in [2.45, 2.75) is 19.3 Å². The highest BCUT2D eigenvalue weighted by molar-refractivity contribution is 7.09. The van der Waals surface area contributed by atoms with E-state index in [0.29, 0.717) is 35.3 Å². The van der Waals surface area contributed by atoms with E-state index in [9.17, 15) is 14.9 Å². The molecule has 1 aliphatic rings. The van der Waals surface area contributed by atoms with E-state index in [1.165, 1.54) is 11.3 Å². The van der Waals surface area contributed by atoms with Crippen molar-refractivity contribution in [3.05, 3.63) is 39.8 Å². The van der Waals surface area contributed by atoms with Crippen molar-refractivity contribution >= 4 is 23.1 Å². The van der Waals surface area contributed by atoms with E-state index in [-0.39, 0.29) is 6.42 Å². The number of fused-ring (bicyclic) bond motifs is 1. The summed E-state index contributed by atoms with van der Waals surface area (Å²) in [5, 5.41) is 11.4. The molecular formula is C18H16N2O5S. The van der Waals surface area contributed by atoms with Gasteiger partial charge in [0.05, 0.1) is 12.5 Å². The Morgan fingerprint density at radius 2 is 2.12 bits per heavy atom. The molecule has 1 aromatic carbocycles. The second kappa shape index (κ2) is 7.97. The Morgan fingerprint density at radius 3 is 2.81 bits per heavy atom. The minimum Gasteiger partial charge on any atom is -0.486 e.